The van der Waals surface area contributed by atoms with Crippen molar-refractivity contribution in [2.75, 3.05) is 5.75 Å². The minimum absolute atomic E-state index is 0.0370. The summed E-state index contributed by atoms with van der Waals surface area (Å²) in [5.74, 6) is -0.623. The fourth-order valence-electron chi connectivity index (χ4n) is 2.18. The van der Waals surface area contributed by atoms with Gasteiger partial charge in [-0.2, -0.15) is 0 Å². The number of hydrogen-bond donors (Lipinski definition) is 2. The molecule has 0 aliphatic heterocycles. The number of carboxylic acid groups (broad SMARTS) is 1. The summed E-state index contributed by atoms with van der Waals surface area (Å²) in [6, 6.07) is -1.05. The highest BCUT2D eigenvalue weighted by atomic mass is 32.2. The van der Waals surface area contributed by atoms with Crippen molar-refractivity contribution in [1.82, 2.24) is 4.72 Å². The molecule has 5 nitrogen and oxygen atoms in total. The summed E-state index contributed by atoms with van der Waals surface area (Å²) in [6.07, 6.45) is 6.46. The van der Waals surface area contributed by atoms with Crippen molar-refractivity contribution in [2.24, 2.45) is 5.92 Å². The van der Waals surface area contributed by atoms with Crippen molar-refractivity contribution in [3.63, 3.8) is 0 Å². The molecule has 0 bridgehead atoms. The molecule has 0 radical (unpaired) electrons. The largest absolute Gasteiger partial charge is 0.480 e. The van der Waals surface area contributed by atoms with Crippen LogP contribution in [0.5, 0.6) is 0 Å². The normalized spacial score (nSPS) is 20.1. The van der Waals surface area contributed by atoms with Crippen LogP contribution in [0.2, 0.25) is 0 Å². The minimum atomic E-state index is -3.46. The number of hydrogen-bond acceptors (Lipinski definition) is 3. The maximum Gasteiger partial charge on any atom is 0.321 e. The predicted octanol–water partition coefficient (Wildman–Crippen LogP) is 1.35. The van der Waals surface area contributed by atoms with E-state index in [4.69, 9.17) is 5.11 Å². The number of aliphatic carboxylic acids is 1. The van der Waals surface area contributed by atoms with E-state index in [0.29, 0.717) is 12.3 Å². The summed E-state index contributed by atoms with van der Waals surface area (Å²) in [5.41, 5.74) is 0. The lowest BCUT2D eigenvalue weighted by Crippen LogP contribution is -2.39. The second-order valence-corrected chi connectivity index (χ2v) is 6.66. The van der Waals surface area contributed by atoms with Crippen LogP contribution in [0, 0.1) is 5.92 Å². The smallest absolute Gasteiger partial charge is 0.321 e. The number of sulfonamides is 1. The van der Waals surface area contributed by atoms with Crippen molar-refractivity contribution in [3.05, 3.63) is 0 Å². The van der Waals surface area contributed by atoms with Gasteiger partial charge in [-0.3, -0.25) is 4.79 Å². The zero-order valence-corrected chi connectivity index (χ0v) is 11.0. The van der Waals surface area contributed by atoms with Gasteiger partial charge in [-0.1, -0.05) is 32.1 Å². The molecule has 100 valence electrons. The van der Waals surface area contributed by atoms with E-state index < -0.39 is 22.0 Å². The third kappa shape index (κ3) is 5.50. The van der Waals surface area contributed by atoms with Gasteiger partial charge in [0, 0.05) is 0 Å². The molecule has 0 aromatic heterocycles. The fraction of sp³-hybridized carbons (Fsp3) is 0.909. The van der Waals surface area contributed by atoms with E-state index >= 15 is 0 Å². The summed E-state index contributed by atoms with van der Waals surface area (Å²) < 4.78 is 25.4. The van der Waals surface area contributed by atoms with Gasteiger partial charge in [0.15, 0.2) is 0 Å². The lowest BCUT2D eigenvalue weighted by molar-refractivity contribution is -0.138. The molecule has 0 aromatic rings. The Hall–Kier alpha value is -0.620. The van der Waals surface area contributed by atoms with Crippen LogP contribution in [-0.2, 0) is 14.8 Å². The molecule has 0 aromatic carbocycles. The lowest BCUT2D eigenvalue weighted by Gasteiger charge is -2.21. The third-order valence-corrected chi connectivity index (χ3v) is 4.73. The Morgan fingerprint density at radius 1 is 1.35 bits per heavy atom. The molecule has 0 spiro atoms. The average Bonchev–Trinajstić information content (AvgIpc) is 2.27. The SMILES string of the molecule is CC(NS(=O)(=O)CCC1CCCCC1)C(=O)O. The second-order valence-electron chi connectivity index (χ2n) is 4.79. The van der Waals surface area contributed by atoms with Crippen molar-refractivity contribution in [3.8, 4) is 0 Å². The second kappa shape index (κ2) is 6.35. The van der Waals surface area contributed by atoms with Crippen LogP contribution in [0.25, 0.3) is 0 Å². The Morgan fingerprint density at radius 2 is 1.94 bits per heavy atom. The Bertz CT molecular complexity index is 346. The highest BCUT2D eigenvalue weighted by Crippen LogP contribution is 2.26. The Morgan fingerprint density at radius 3 is 2.47 bits per heavy atom. The van der Waals surface area contributed by atoms with E-state index in [1.54, 1.807) is 0 Å². The van der Waals surface area contributed by atoms with E-state index in [1.165, 1.54) is 26.2 Å². The van der Waals surface area contributed by atoms with E-state index in [-0.39, 0.29) is 5.75 Å². The van der Waals surface area contributed by atoms with Crippen molar-refractivity contribution in [2.45, 2.75) is 51.5 Å². The van der Waals surface area contributed by atoms with Gasteiger partial charge in [0.2, 0.25) is 10.0 Å². The summed E-state index contributed by atoms with van der Waals surface area (Å²) in [7, 11) is -3.46. The van der Waals surface area contributed by atoms with E-state index in [1.807, 2.05) is 0 Å². The molecule has 0 amide bonds. The number of rotatable bonds is 6. The molecule has 1 saturated carbocycles. The van der Waals surface area contributed by atoms with Crippen LogP contribution in [0.1, 0.15) is 45.4 Å². The zero-order valence-electron chi connectivity index (χ0n) is 10.2. The first kappa shape index (κ1) is 14.4. The monoisotopic (exact) mass is 263 g/mol. The van der Waals surface area contributed by atoms with Gasteiger partial charge >= 0.3 is 5.97 Å². The van der Waals surface area contributed by atoms with Crippen molar-refractivity contribution < 1.29 is 18.3 Å². The Kier molecular flexibility index (Phi) is 5.39. The van der Waals surface area contributed by atoms with E-state index in [9.17, 15) is 13.2 Å². The topological polar surface area (TPSA) is 83.5 Å². The first-order chi connectivity index (χ1) is 7.91. The van der Waals surface area contributed by atoms with Gasteiger partial charge in [-0.15, -0.1) is 0 Å². The molecular weight excluding hydrogens is 242 g/mol. The van der Waals surface area contributed by atoms with Crippen molar-refractivity contribution >= 4 is 16.0 Å². The van der Waals surface area contributed by atoms with Gasteiger partial charge in [-0.25, -0.2) is 13.1 Å². The molecule has 1 atom stereocenters. The maximum absolute atomic E-state index is 11.6. The summed E-state index contributed by atoms with van der Waals surface area (Å²) in [6.45, 7) is 1.33. The van der Waals surface area contributed by atoms with Gasteiger partial charge in [-0.05, 0) is 19.3 Å². The fourth-order valence-corrected chi connectivity index (χ4v) is 3.58. The number of carboxylic acids is 1. The molecule has 6 heteroatoms. The van der Waals surface area contributed by atoms with E-state index in [0.717, 1.165) is 12.8 Å². The molecule has 0 heterocycles. The third-order valence-electron chi connectivity index (χ3n) is 3.25. The molecule has 1 aliphatic rings. The van der Waals surface area contributed by atoms with Crippen LogP contribution in [0.15, 0.2) is 0 Å². The summed E-state index contributed by atoms with van der Waals surface area (Å²) >= 11 is 0. The quantitative estimate of drug-likeness (QED) is 0.757. The summed E-state index contributed by atoms with van der Waals surface area (Å²) in [4.78, 5) is 10.6. The summed E-state index contributed by atoms with van der Waals surface area (Å²) in [5, 5.41) is 8.64. The van der Waals surface area contributed by atoms with Gasteiger partial charge < -0.3 is 5.11 Å². The van der Waals surface area contributed by atoms with Crippen LogP contribution in [0.4, 0.5) is 0 Å². The Labute approximate surface area is 103 Å². The standard InChI is InChI=1S/C11H21NO4S/c1-9(11(13)14)12-17(15,16)8-7-10-5-3-2-4-6-10/h9-10,12H,2-8H2,1H3,(H,13,14). The average molecular weight is 263 g/mol. The Balaban J connectivity index is 2.35. The number of nitrogens with one attached hydrogen (secondary N) is 1. The molecule has 2 N–H and O–H groups in total. The predicted molar refractivity (Wildman–Crippen MR) is 65.2 cm³/mol. The molecule has 17 heavy (non-hydrogen) atoms. The lowest BCUT2D eigenvalue weighted by atomic mass is 9.88. The van der Waals surface area contributed by atoms with Crippen LogP contribution >= 0.6 is 0 Å². The van der Waals surface area contributed by atoms with Gasteiger partial charge in [0.05, 0.1) is 5.75 Å². The van der Waals surface area contributed by atoms with Crippen molar-refractivity contribution in [1.29, 1.82) is 0 Å². The van der Waals surface area contributed by atoms with Gasteiger partial charge in [0.1, 0.15) is 6.04 Å². The minimum Gasteiger partial charge on any atom is -0.480 e. The highest BCUT2D eigenvalue weighted by molar-refractivity contribution is 7.89. The zero-order chi connectivity index (χ0) is 12.9. The maximum atomic E-state index is 11.6. The molecule has 0 saturated heterocycles. The molecule has 1 unspecified atom stereocenters. The molecule has 1 aliphatic carbocycles. The van der Waals surface area contributed by atoms with Crippen LogP contribution in [-0.4, -0.2) is 31.3 Å². The van der Waals surface area contributed by atoms with E-state index in [2.05, 4.69) is 4.72 Å². The molecular formula is C11H21NO4S. The first-order valence-corrected chi connectivity index (χ1v) is 7.79. The number of carbonyl (C=O) groups is 1. The van der Waals surface area contributed by atoms with Gasteiger partial charge in [0.25, 0.3) is 0 Å². The molecule has 1 rings (SSSR count). The molecule has 1 fully saturated rings. The first-order valence-electron chi connectivity index (χ1n) is 6.13. The van der Waals surface area contributed by atoms with Crippen LogP contribution in [0.3, 0.4) is 0 Å². The van der Waals surface area contributed by atoms with Crippen LogP contribution < -0.4 is 4.72 Å². The highest BCUT2D eigenvalue weighted by Gasteiger charge is 2.21.